The van der Waals surface area contributed by atoms with Crippen LogP contribution in [0.1, 0.15) is 31.4 Å². The van der Waals surface area contributed by atoms with Crippen molar-refractivity contribution in [3.05, 3.63) is 29.3 Å². The lowest BCUT2D eigenvalue weighted by molar-refractivity contribution is -0.143. The smallest absolute Gasteiger partial charge is 0.416 e. The molecule has 0 N–H and O–H groups in total. The fourth-order valence-electron chi connectivity index (χ4n) is 1.54. The van der Waals surface area contributed by atoms with Crippen molar-refractivity contribution in [3.8, 4) is 5.75 Å². The number of ether oxygens (including phenoxy) is 2. The van der Waals surface area contributed by atoms with E-state index in [0.717, 1.165) is 6.42 Å². The average Bonchev–Trinajstić information content (AvgIpc) is 2.41. The molecule has 1 aromatic rings. The molecule has 1 aromatic carbocycles. The van der Waals surface area contributed by atoms with E-state index in [1.807, 2.05) is 6.92 Å². The quantitative estimate of drug-likeness (QED) is 0.544. The molecule has 0 amide bonds. The molecule has 0 aliphatic rings. The molecule has 0 heterocycles. The van der Waals surface area contributed by atoms with E-state index < -0.39 is 29.2 Å². The first-order valence-electron chi connectivity index (χ1n) is 6.58. The predicted molar refractivity (Wildman–Crippen MR) is 67.6 cm³/mol. The summed E-state index contributed by atoms with van der Waals surface area (Å²) < 4.78 is 86.0. The van der Waals surface area contributed by atoms with Gasteiger partial charge in [0.2, 0.25) is 0 Å². The second-order valence-electron chi connectivity index (χ2n) is 4.68. The minimum absolute atomic E-state index is 0.0581. The second-order valence-corrected chi connectivity index (χ2v) is 4.68. The molecule has 1 atom stereocenters. The van der Waals surface area contributed by atoms with Crippen LogP contribution >= 0.6 is 0 Å². The second kappa shape index (κ2) is 7.21. The summed E-state index contributed by atoms with van der Waals surface area (Å²) in [6.07, 6.45) is -9.09. The van der Waals surface area contributed by atoms with Gasteiger partial charge in [-0.15, -0.1) is 0 Å². The van der Waals surface area contributed by atoms with Crippen molar-refractivity contribution < 1.29 is 35.8 Å². The average molecular weight is 330 g/mol. The van der Waals surface area contributed by atoms with Crippen LogP contribution in [-0.2, 0) is 17.1 Å². The van der Waals surface area contributed by atoms with Gasteiger partial charge in [-0.25, -0.2) is 0 Å². The molecule has 0 aromatic heterocycles. The summed E-state index contributed by atoms with van der Waals surface area (Å²) in [5.41, 5.74) is -2.81. The third-order valence-corrected chi connectivity index (χ3v) is 2.89. The third-order valence-electron chi connectivity index (χ3n) is 2.89. The van der Waals surface area contributed by atoms with Gasteiger partial charge in [0.25, 0.3) is 0 Å². The number of halogens is 6. The Kier molecular flexibility index (Phi) is 6.10. The summed E-state index contributed by atoms with van der Waals surface area (Å²) in [6, 6.07) is 1.14. The molecule has 2 nitrogen and oxygen atoms in total. The van der Waals surface area contributed by atoms with Crippen molar-refractivity contribution in [1.29, 1.82) is 0 Å². The molecule has 1 rings (SSSR count). The van der Waals surface area contributed by atoms with Crippen LogP contribution in [0.4, 0.5) is 26.3 Å². The molecule has 22 heavy (non-hydrogen) atoms. The number of hydrogen-bond donors (Lipinski definition) is 0. The standard InChI is InChI=1S/C14H16F6O2/c1-3-9(2)21-4-5-22-12-7-10(13(15,16)17)6-11(8-12)14(18,19)20/h6-9H,3-5H2,1-2H3. The van der Waals surface area contributed by atoms with E-state index >= 15 is 0 Å². The monoisotopic (exact) mass is 330 g/mol. The molecule has 0 saturated heterocycles. The molecule has 0 radical (unpaired) electrons. The Labute approximate surface area is 124 Å². The minimum Gasteiger partial charge on any atom is -0.491 e. The first-order chi connectivity index (χ1) is 10.0. The zero-order valence-corrected chi connectivity index (χ0v) is 12.0. The van der Waals surface area contributed by atoms with Crippen molar-refractivity contribution in [1.82, 2.24) is 0 Å². The van der Waals surface area contributed by atoms with Crippen LogP contribution in [0, 0.1) is 0 Å². The Balaban J connectivity index is 2.85. The van der Waals surface area contributed by atoms with Gasteiger partial charge in [-0.05, 0) is 31.5 Å². The van der Waals surface area contributed by atoms with Crippen molar-refractivity contribution in [2.75, 3.05) is 13.2 Å². The van der Waals surface area contributed by atoms with Gasteiger partial charge in [-0.1, -0.05) is 6.92 Å². The molecule has 8 heteroatoms. The molecule has 0 fully saturated rings. The molecular weight excluding hydrogens is 314 g/mol. The van der Waals surface area contributed by atoms with E-state index in [0.29, 0.717) is 12.1 Å². The van der Waals surface area contributed by atoms with E-state index in [1.54, 1.807) is 6.92 Å². The van der Waals surface area contributed by atoms with Gasteiger partial charge < -0.3 is 9.47 Å². The lowest BCUT2D eigenvalue weighted by Crippen LogP contribution is -2.15. The minimum atomic E-state index is -4.88. The van der Waals surface area contributed by atoms with Crippen molar-refractivity contribution in [2.24, 2.45) is 0 Å². The maximum Gasteiger partial charge on any atom is 0.416 e. The first kappa shape index (κ1) is 18.6. The zero-order valence-electron chi connectivity index (χ0n) is 12.0. The van der Waals surface area contributed by atoms with E-state index in [1.165, 1.54) is 0 Å². The Bertz CT molecular complexity index is 449. The van der Waals surface area contributed by atoms with Gasteiger partial charge in [-0.3, -0.25) is 0 Å². The lowest BCUT2D eigenvalue weighted by Gasteiger charge is -2.15. The Morgan fingerprint density at radius 2 is 1.41 bits per heavy atom. The SMILES string of the molecule is CCC(C)OCCOc1cc(C(F)(F)F)cc(C(F)(F)F)c1. The van der Waals surface area contributed by atoms with Gasteiger partial charge in [0.05, 0.1) is 23.8 Å². The molecule has 0 aliphatic carbocycles. The van der Waals surface area contributed by atoms with Crippen LogP contribution in [0.5, 0.6) is 5.75 Å². The maximum atomic E-state index is 12.6. The summed E-state index contributed by atoms with van der Waals surface area (Å²) in [6.45, 7) is 3.62. The maximum absolute atomic E-state index is 12.6. The highest BCUT2D eigenvalue weighted by Gasteiger charge is 2.37. The summed E-state index contributed by atoms with van der Waals surface area (Å²) in [4.78, 5) is 0. The van der Waals surface area contributed by atoms with Crippen molar-refractivity contribution >= 4 is 0 Å². The van der Waals surface area contributed by atoms with Crippen LogP contribution in [0.3, 0.4) is 0 Å². The van der Waals surface area contributed by atoms with Crippen molar-refractivity contribution in [3.63, 3.8) is 0 Å². The van der Waals surface area contributed by atoms with Gasteiger partial charge in [0, 0.05) is 0 Å². The molecule has 0 aliphatic heterocycles. The van der Waals surface area contributed by atoms with E-state index in [4.69, 9.17) is 9.47 Å². The molecule has 0 saturated carbocycles. The van der Waals surface area contributed by atoms with Gasteiger partial charge >= 0.3 is 12.4 Å². The largest absolute Gasteiger partial charge is 0.491 e. The number of rotatable bonds is 6. The Morgan fingerprint density at radius 3 is 1.82 bits per heavy atom. The van der Waals surface area contributed by atoms with Crippen molar-refractivity contribution in [2.45, 2.75) is 38.7 Å². The van der Waals surface area contributed by atoms with E-state index in [-0.39, 0.29) is 25.4 Å². The van der Waals surface area contributed by atoms with E-state index in [9.17, 15) is 26.3 Å². The highest BCUT2D eigenvalue weighted by molar-refractivity contribution is 5.37. The predicted octanol–water partition coefficient (Wildman–Crippen LogP) is 4.92. The summed E-state index contributed by atoms with van der Waals surface area (Å²) >= 11 is 0. The highest BCUT2D eigenvalue weighted by Crippen LogP contribution is 2.38. The fraction of sp³-hybridized carbons (Fsp3) is 0.571. The number of hydrogen-bond acceptors (Lipinski definition) is 2. The van der Waals surface area contributed by atoms with Crippen LogP contribution in [0.2, 0.25) is 0 Å². The molecule has 126 valence electrons. The Hall–Kier alpha value is -1.44. The summed E-state index contributed by atoms with van der Waals surface area (Å²) in [7, 11) is 0. The Morgan fingerprint density at radius 1 is 0.909 bits per heavy atom. The lowest BCUT2D eigenvalue weighted by atomic mass is 10.1. The highest BCUT2D eigenvalue weighted by atomic mass is 19.4. The zero-order chi connectivity index (χ0) is 17.0. The normalized spacial score (nSPS) is 14.0. The van der Waals surface area contributed by atoms with Crippen LogP contribution in [0.25, 0.3) is 0 Å². The van der Waals surface area contributed by atoms with Crippen LogP contribution in [0.15, 0.2) is 18.2 Å². The molecule has 1 unspecified atom stereocenters. The third kappa shape index (κ3) is 5.75. The molecule has 0 bridgehead atoms. The van der Waals surface area contributed by atoms with Gasteiger partial charge in [-0.2, -0.15) is 26.3 Å². The fourth-order valence-corrected chi connectivity index (χ4v) is 1.54. The van der Waals surface area contributed by atoms with Gasteiger partial charge in [0.15, 0.2) is 0 Å². The number of alkyl halides is 6. The molecular formula is C14H16F6O2. The number of benzene rings is 1. The summed E-state index contributed by atoms with van der Waals surface area (Å²) in [5, 5.41) is 0. The summed E-state index contributed by atoms with van der Waals surface area (Å²) in [5.74, 6) is -0.491. The van der Waals surface area contributed by atoms with Crippen LogP contribution < -0.4 is 4.74 Å². The molecule has 0 spiro atoms. The van der Waals surface area contributed by atoms with E-state index in [2.05, 4.69) is 0 Å². The van der Waals surface area contributed by atoms with Gasteiger partial charge in [0.1, 0.15) is 12.4 Å². The van der Waals surface area contributed by atoms with Crippen LogP contribution in [-0.4, -0.2) is 19.3 Å². The first-order valence-corrected chi connectivity index (χ1v) is 6.58. The topological polar surface area (TPSA) is 18.5 Å².